The van der Waals surface area contributed by atoms with Crippen LogP contribution >= 0.6 is 0 Å². The van der Waals surface area contributed by atoms with Gasteiger partial charge >= 0.3 is 6.18 Å². The topological polar surface area (TPSA) is 32.3 Å². The van der Waals surface area contributed by atoms with E-state index in [9.17, 15) is 18.0 Å². The third-order valence-electron chi connectivity index (χ3n) is 4.12. The number of benzene rings is 2. The van der Waals surface area contributed by atoms with E-state index in [-0.39, 0.29) is 18.4 Å². The van der Waals surface area contributed by atoms with Crippen LogP contribution in [0.15, 0.2) is 54.6 Å². The molecule has 1 amide bonds. The molecule has 0 spiro atoms. The van der Waals surface area contributed by atoms with E-state index in [0.29, 0.717) is 13.1 Å². The van der Waals surface area contributed by atoms with Crippen molar-refractivity contribution in [2.75, 3.05) is 20.1 Å². The lowest BCUT2D eigenvalue weighted by atomic mass is 10.0. The lowest BCUT2D eigenvalue weighted by Gasteiger charge is -2.18. The standard InChI is InChI=1S/C20H23F3N2O/c1-15(17-6-4-3-5-7-17)12-24-19(26)14-25(2)13-16-8-10-18(11-9-16)20(21,22)23/h3-11,15H,12-14H2,1-2H3,(H,24,26)/t15-/m0/s1. The molecule has 1 N–H and O–H groups in total. The van der Waals surface area contributed by atoms with Gasteiger partial charge in [0.05, 0.1) is 12.1 Å². The first-order chi connectivity index (χ1) is 12.3. The number of nitrogens with one attached hydrogen (secondary N) is 1. The van der Waals surface area contributed by atoms with Crippen LogP contribution < -0.4 is 5.32 Å². The summed E-state index contributed by atoms with van der Waals surface area (Å²) in [5.41, 5.74) is 1.22. The zero-order chi connectivity index (χ0) is 19.2. The van der Waals surface area contributed by atoms with Gasteiger partial charge in [-0.25, -0.2) is 0 Å². The van der Waals surface area contributed by atoms with Crippen LogP contribution in [0, 0.1) is 0 Å². The number of nitrogens with zero attached hydrogens (tertiary/aromatic N) is 1. The highest BCUT2D eigenvalue weighted by Gasteiger charge is 2.29. The quantitative estimate of drug-likeness (QED) is 0.804. The Morgan fingerprint density at radius 2 is 1.69 bits per heavy atom. The van der Waals surface area contributed by atoms with Crippen LogP contribution in [-0.2, 0) is 17.5 Å². The molecule has 0 saturated heterocycles. The monoisotopic (exact) mass is 364 g/mol. The van der Waals surface area contributed by atoms with E-state index in [4.69, 9.17) is 0 Å². The average Bonchev–Trinajstić information content (AvgIpc) is 2.60. The van der Waals surface area contributed by atoms with Gasteiger partial charge in [0.1, 0.15) is 0 Å². The second-order valence-corrected chi connectivity index (χ2v) is 6.48. The molecule has 6 heteroatoms. The fourth-order valence-electron chi connectivity index (χ4n) is 2.63. The Labute approximate surface area is 151 Å². The molecule has 0 aromatic heterocycles. The van der Waals surface area contributed by atoms with E-state index in [2.05, 4.69) is 5.32 Å². The Balaban J connectivity index is 1.78. The molecular weight excluding hydrogens is 341 g/mol. The van der Waals surface area contributed by atoms with E-state index in [0.717, 1.165) is 23.3 Å². The Bertz CT molecular complexity index is 699. The number of amides is 1. The van der Waals surface area contributed by atoms with Crippen LogP contribution in [0.1, 0.15) is 29.5 Å². The molecule has 2 aromatic rings. The van der Waals surface area contributed by atoms with Gasteiger partial charge in [0.15, 0.2) is 0 Å². The van der Waals surface area contributed by atoms with Gasteiger partial charge in [-0.2, -0.15) is 13.2 Å². The second-order valence-electron chi connectivity index (χ2n) is 6.48. The van der Waals surface area contributed by atoms with Crippen LogP contribution in [0.5, 0.6) is 0 Å². The molecule has 2 aromatic carbocycles. The highest BCUT2D eigenvalue weighted by atomic mass is 19.4. The van der Waals surface area contributed by atoms with E-state index in [1.54, 1.807) is 11.9 Å². The summed E-state index contributed by atoms with van der Waals surface area (Å²) in [6.07, 6.45) is -4.33. The molecule has 0 aliphatic heterocycles. The summed E-state index contributed by atoms with van der Waals surface area (Å²) in [6, 6.07) is 14.9. The van der Waals surface area contributed by atoms with E-state index in [1.807, 2.05) is 37.3 Å². The molecule has 140 valence electrons. The summed E-state index contributed by atoms with van der Waals surface area (Å²) in [5, 5.41) is 2.90. The zero-order valence-corrected chi connectivity index (χ0v) is 14.9. The van der Waals surface area contributed by atoms with Crippen LogP contribution in [0.2, 0.25) is 0 Å². The van der Waals surface area contributed by atoms with Crippen molar-refractivity contribution in [1.82, 2.24) is 10.2 Å². The summed E-state index contributed by atoms with van der Waals surface area (Å²) >= 11 is 0. The summed E-state index contributed by atoms with van der Waals surface area (Å²) < 4.78 is 37.7. The third-order valence-corrected chi connectivity index (χ3v) is 4.12. The fraction of sp³-hybridized carbons (Fsp3) is 0.350. The lowest BCUT2D eigenvalue weighted by Crippen LogP contribution is -2.36. The van der Waals surface area contributed by atoms with E-state index >= 15 is 0 Å². The van der Waals surface area contributed by atoms with Crippen molar-refractivity contribution in [2.24, 2.45) is 0 Å². The zero-order valence-electron chi connectivity index (χ0n) is 14.9. The molecule has 2 rings (SSSR count). The van der Waals surface area contributed by atoms with Gasteiger partial charge in [-0.3, -0.25) is 9.69 Å². The van der Waals surface area contributed by atoms with Crippen molar-refractivity contribution in [1.29, 1.82) is 0 Å². The van der Waals surface area contributed by atoms with Gasteiger partial charge in [0.2, 0.25) is 5.91 Å². The maximum atomic E-state index is 12.6. The molecule has 0 bridgehead atoms. The third kappa shape index (κ3) is 6.19. The van der Waals surface area contributed by atoms with Crippen molar-refractivity contribution in [2.45, 2.75) is 25.6 Å². The Kier molecular flexibility index (Phi) is 6.80. The van der Waals surface area contributed by atoms with Crippen LogP contribution in [0.4, 0.5) is 13.2 Å². The van der Waals surface area contributed by atoms with Gasteiger partial charge in [0.25, 0.3) is 0 Å². The molecule has 0 aliphatic carbocycles. The largest absolute Gasteiger partial charge is 0.416 e. The molecule has 0 unspecified atom stereocenters. The molecule has 0 radical (unpaired) electrons. The van der Waals surface area contributed by atoms with Gasteiger partial charge in [-0.1, -0.05) is 49.4 Å². The minimum absolute atomic E-state index is 0.109. The first-order valence-corrected chi connectivity index (χ1v) is 8.42. The van der Waals surface area contributed by atoms with Gasteiger partial charge < -0.3 is 5.32 Å². The molecule has 0 heterocycles. The fourth-order valence-corrected chi connectivity index (χ4v) is 2.63. The van der Waals surface area contributed by atoms with Crippen molar-refractivity contribution in [3.05, 3.63) is 71.3 Å². The Hall–Kier alpha value is -2.34. The number of carbonyl (C=O) groups is 1. The minimum atomic E-state index is -4.33. The Morgan fingerprint density at radius 1 is 1.08 bits per heavy atom. The highest BCUT2D eigenvalue weighted by Crippen LogP contribution is 2.29. The number of hydrogen-bond acceptors (Lipinski definition) is 2. The number of alkyl halides is 3. The molecule has 0 aliphatic rings. The number of halogens is 3. The maximum Gasteiger partial charge on any atom is 0.416 e. The van der Waals surface area contributed by atoms with Gasteiger partial charge in [0, 0.05) is 13.1 Å². The first kappa shape index (κ1) is 20.0. The predicted molar refractivity (Wildman–Crippen MR) is 95.6 cm³/mol. The number of hydrogen-bond donors (Lipinski definition) is 1. The normalized spacial score (nSPS) is 12.8. The summed E-state index contributed by atoms with van der Waals surface area (Å²) in [4.78, 5) is 13.8. The SMILES string of the molecule is C[C@@H](CNC(=O)CN(C)Cc1ccc(C(F)(F)F)cc1)c1ccccc1. The van der Waals surface area contributed by atoms with Crippen LogP contribution in [0.3, 0.4) is 0 Å². The lowest BCUT2D eigenvalue weighted by molar-refractivity contribution is -0.137. The van der Waals surface area contributed by atoms with Crippen molar-refractivity contribution in [3.8, 4) is 0 Å². The molecule has 0 fully saturated rings. The number of rotatable bonds is 7. The van der Waals surface area contributed by atoms with Crippen molar-refractivity contribution in [3.63, 3.8) is 0 Å². The average molecular weight is 364 g/mol. The maximum absolute atomic E-state index is 12.6. The molecule has 1 atom stereocenters. The Morgan fingerprint density at radius 3 is 2.27 bits per heavy atom. The van der Waals surface area contributed by atoms with Gasteiger partial charge in [-0.15, -0.1) is 0 Å². The van der Waals surface area contributed by atoms with Crippen LogP contribution in [0.25, 0.3) is 0 Å². The molecule has 3 nitrogen and oxygen atoms in total. The highest BCUT2D eigenvalue weighted by molar-refractivity contribution is 5.78. The molecule has 26 heavy (non-hydrogen) atoms. The van der Waals surface area contributed by atoms with Crippen LogP contribution in [-0.4, -0.2) is 30.9 Å². The second kappa shape index (κ2) is 8.85. The van der Waals surface area contributed by atoms with Crippen molar-refractivity contribution >= 4 is 5.91 Å². The number of carbonyl (C=O) groups excluding carboxylic acids is 1. The predicted octanol–water partition coefficient (Wildman–Crippen LogP) is 4.06. The molecule has 0 saturated carbocycles. The molecular formula is C20H23F3N2O. The smallest absolute Gasteiger partial charge is 0.354 e. The van der Waals surface area contributed by atoms with E-state index in [1.165, 1.54) is 12.1 Å². The van der Waals surface area contributed by atoms with Crippen molar-refractivity contribution < 1.29 is 18.0 Å². The van der Waals surface area contributed by atoms with Gasteiger partial charge in [-0.05, 0) is 36.2 Å². The first-order valence-electron chi connectivity index (χ1n) is 8.42. The summed E-state index contributed by atoms with van der Waals surface area (Å²) in [6.45, 7) is 3.17. The summed E-state index contributed by atoms with van der Waals surface area (Å²) in [5.74, 6) is 0.0996. The van der Waals surface area contributed by atoms with E-state index < -0.39 is 11.7 Å². The summed E-state index contributed by atoms with van der Waals surface area (Å²) in [7, 11) is 1.76. The number of likely N-dealkylation sites (N-methyl/N-ethyl adjacent to an activating group) is 1. The minimum Gasteiger partial charge on any atom is -0.354 e.